The average molecular weight is 513 g/mol. The Hall–Kier alpha value is -4.00. The second-order valence-corrected chi connectivity index (χ2v) is 9.00. The summed E-state index contributed by atoms with van der Waals surface area (Å²) in [6.45, 7) is 2.38. The van der Waals surface area contributed by atoms with Crippen molar-refractivity contribution in [1.82, 2.24) is 19.9 Å². The van der Waals surface area contributed by atoms with E-state index in [4.69, 9.17) is 9.47 Å². The van der Waals surface area contributed by atoms with Crippen LogP contribution in [0, 0.1) is 0 Å². The van der Waals surface area contributed by atoms with Gasteiger partial charge in [-0.15, -0.1) is 0 Å². The van der Waals surface area contributed by atoms with Crippen molar-refractivity contribution in [2.75, 3.05) is 41.4 Å². The van der Waals surface area contributed by atoms with Crippen LogP contribution < -0.4 is 19.9 Å². The Labute approximate surface area is 209 Å². The Morgan fingerprint density at radius 3 is 2.86 bits per heavy atom. The van der Waals surface area contributed by atoms with Gasteiger partial charge in [0.15, 0.2) is 11.6 Å². The van der Waals surface area contributed by atoms with Crippen molar-refractivity contribution < 1.29 is 27.4 Å². The lowest BCUT2D eigenvalue weighted by Gasteiger charge is -2.35. The molecule has 192 valence electrons. The van der Waals surface area contributed by atoms with Gasteiger partial charge in [-0.1, -0.05) is 12.1 Å². The smallest absolute Gasteiger partial charge is 0.416 e. The van der Waals surface area contributed by atoms with Crippen LogP contribution in [-0.2, 0) is 10.9 Å². The first-order valence-electron chi connectivity index (χ1n) is 11.8. The molecule has 2 fully saturated rings. The number of nitrogens with one attached hydrogen (secondary N) is 1. The Morgan fingerprint density at radius 2 is 2.05 bits per heavy atom. The Bertz CT molecular complexity index is 1330. The van der Waals surface area contributed by atoms with Crippen molar-refractivity contribution in [2.45, 2.75) is 31.2 Å². The second-order valence-electron chi connectivity index (χ2n) is 9.00. The van der Waals surface area contributed by atoms with E-state index in [-0.39, 0.29) is 35.4 Å². The molecular formula is C24H22F3N7O3. The number of halogens is 3. The highest BCUT2D eigenvalue weighted by atomic mass is 19.4. The fourth-order valence-corrected chi connectivity index (χ4v) is 4.74. The van der Waals surface area contributed by atoms with Crippen molar-refractivity contribution >= 4 is 23.4 Å². The van der Waals surface area contributed by atoms with E-state index >= 15 is 0 Å². The van der Waals surface area contributed by atoms with Crippen LogP contribution in [0.1, 0.15) is 18.4 Å². The van der Waals surface area contributed by atoms with E-state index in [2.05, 4.69) is 30.2 Å². The van der Waals surface area contributed by atoms with Gasteiger partial charge in [-0.25, -0.2) is 19.7 Å². The van der Waals surface area contributed by atoms with Crippen molar-refractivity contribution in [3.63, 3.8) is 0 Å². The summed E-state index contributed by atoms with van der Waals surface area (Å²) in [4.78, 5) is 34.3. The number of carbonyl (C=O) groups excluding carboxylic acids is 1. The fourth-order valence-electron chi connectivity index (χ4n) is 4.74. The molecule has 3 aliphatic heterocycles. The first-order chi connectivity index (χ1) is 17.8. The summed E-state index contributed by atoms with van der Waals surface area (Å²) in [6.07, 6.45) is -0.149. The number of benzene rings is 1. The Kier molecular flexibility index (Phi) is 5.78. The van der Waals surface area contributed by atoms with E-state index in [1.165, 1.54) is 23.2 Å². The monoisotopic (exact) mass is 513 g/mol. The number of alkyl halides is 3. The third kappa shape index (κ3) is 4.61. The summed E-state index contributed by atoms with van der Waals surface area (Å²) < 4.78 is 50.8. The quantitative estimate of drug-likeness (QED) is 0.563. The number of nitrogens with zero attached hydrogens (tertiary/aromatic N) is 6. The van der Waals surface area contributed by atoms with Crippen LogP contribution in [0.25, 0.3) is 11.4 Å². The zero-order chi connectivity index (χ0) is 25.6. The number of hydrogen-bond acceptors (Lipinski definition) is 8. The van der Waals surface area contributed by atoms with Crippen LogP contribution >= 0.6 is 0 Å². The third-order valence-electron chi connectivity index (χ3n) is 6.54. The fraction of sp³-hybridized carbons (Fsp3) is 0.375. The molecule has 1 N–H and O–H groups in total. The summed E-state index contributed by atoms with van der Waals surface area (Å²) >= 11 is 0. The SMILES string of the molecule is O=C(Nc1ccnc(O[C@@H]2CCOC2)n1)N1c2nc(-c3cccc(C(F)(F)F)c3)ncc2N2CC[C@H]1C2. The lowest BCUT2D eigenvalue weighted by Crippen LogP contribution is -2.48. The highest BCUT2D eigenvalue weighted by molar-refractivity contribution is 6.04. The largest absolute Gasteiger partial charge is 0.458 e. The third-order valence-corrected chi connectivity index (χ3v) is 6.54. The molecule has 13 heteroatoms. The van der Waals surface area contributed by atoms with Gasteiger partial charge in [0.25, 0.3) is 0 Å². The highest BCUT2D eigenvalue weighted by Gasteiger charge is 2.41. The van der Waals surface area contributed by atoms with Gasteiger partial charge in [0.1, 0.15) is 11.9 Å². The number of aromatic nitrogens is 4. The van der Waals surface area contributed by atoms with Gasteiger partial charge in [0.2, 0.25) is 0 Å². The molecule has 2 atom stereocenters. The topological polar surface area (TPSA) is 106 Å². The summed E-state index contributed by atoms with van der Waals surface area (Å²) in [5.74, 6) is 0.687. The molecule has 0 spiro atoms. The molecule has 0 unspecified atom stereocenters. The number of amides is 2. The first kappa shape index (κ1) is 23.4. The number of carbonyl (C=O) groups is 1. The lowest BCUT2D eigenvalue weighted by molar-refractivity contribution is -0.137. The minimum Gasteiger partial charge on any atom is -0.458 e. The van der Waals surface area contributed by atoms with E-state index in [9.17, 15) is 18.0 Å². The number of anilines is 3. The average Bonchev–Trinajstić information content (AvgIpc) is 3.54. The Balaban J connectivity index is 1.29. The zero-order valence-corrected chi connectivity index (χ0v) is 19.5. The van der Waals surface area contributed by atoms with Crippen LogP contribution in [0.4, 0.5) is 35.3 Å². The first-order valence-corrected chi connectivity index (χ1v) is 11.8. The molecule has 2 aromatic heterocycles. The summed E-state index contributed by atoms with van der Waals surface area (Å²) in [6, 6.07) is 5.88. The molecule has 2 bridgehead atoms. The molecule has 3 aromatic rings. The molecule has 0 saturated carbocycles. The number of hydrogen-bond donors (Lipinski definition) is 1. The summed E-state index contributed by atoms with van der Waals surface area (Å²) in [5.41, 5.74) is 0.0580. The van der Waals surface area contributed by atoms with Crippen LogP contribution in [-0.4, -0.2) is 64.4 Å². The van der Waals surface area contributed by atoms with Gasteiger partial charge >= 0.3 is 18.2 Å². The van der Waals surface area contributed by atoms with Gasteiger partial charge in [0, 0.05) is 31.3 Å². The number of ether oxygens (including phenoxy) is 2. The van der Waals surface area contributed by atoms with Crippen molar-refractivity contribution in [3.05, 3.63) is 48.3 Å². The highest BCUT2D eigenvalue weighted by Crippen LogP contribution is 2.40. The molecule has 3 aliphatic rings. The predicted molar refractivity (Wildman–Crippen MR) is 126 cm³/mol. The van der Waals surface area contributed by atoms with Gasteiger partial charge < -0.3 is 14.4 Å². The lowest BCUT2D eigenvalue weighted by atomic mass is 10.1. The zero-order valence-electron chi connectivity index (χ0n) is 19.5. The maximum absolute atomic E-state index is 13.5. The van der Waals surface area contributed by atoms with Crippen LogP contribution in [0.15, 0.2) is 42.7 Å². The molecule has 5 heterocycles. The van der Waals surface area contributed by atoms with Gasteiger partial charge in [-0.2, -0.15) is 18.2 Å². The molecule has 2 amide bonds. The van der Waals surface area contributed by atoms with Crippen molar-refractivity contribution in [2.24, 2.45) is 0 Å². The van der Waals surface area contributed by atoms with Gasteiger partial charge in [0.05, 0.1) is 36.7 Å². The summed E-state index contributed by atoms with van der Waals surface area (Å²) in [5, 5.41) is 2.79. The number of urea groups is 1. The molecule has 10 nitrogen and oxygen atoms in total. The van der Waals surface area contributed by atoms with Crippen LogP contribution in [0.5, 0.6) is 6.01 Å². The van der Waals surface area contributed by atoms with Crippen LogP contribution in [0.2, 0.25) is 0 Å². The normalized spacial score (nSPS) is 20.6. The minimum atomic E-state index is -4.49. The maximum atomic E-state index is 13.5. The second kappa shape index (κ2) is 9.14. The minimum absolute atomic E-state index is 0.0988. The predicted octanol–water partition coefficient (Wildman–Crippen LogP) is 3.75. The van der Waals surface area contributed by atoms with Gasteiger partial charge in [-0.3, -0.25) is 10.2 Å². The van der Waals surface area contributed by atoms with E-state index in [0.717, 1.165) is 18.6 Å². The van der Waals surface area contributed by atoms with Gasteiger partial charge in [-0.05, 0) is 24.6 Å². The standard InChI is InChI=1S/C24H22F3N7O3/c25-24(26,27)15-3-1-2-14(10-15)20-29-11-18-21(32-20)34(16-5-8-33(18)12-16)23(35)31-19-4-7-28-22(30-19)37-17-6-9-36-13-17/h1-4,7,10-11,16-17H,5-6,8-9,12-13H2,(H,28,30,31,35)/t16-,17+/m0/s1. The van der Waals surface area contributed by atoms with Crippen LogP contribution in [0.3, 0.4) is 0 Å². The van der Waals surface area contributed by atoms with Crippen molar-refractivity contribution in [1.29, 1.82) is 0 Å². The molecule has 6 rings (SSSR count). The molecule has 0 radical (unpaired) electrons. The molecule has 2 saturated heterocycles. The molecular weight excluding hydrogens is 491 g/mol. The Morgan fingerprint density at radius 1 is 1.16 bits per heavy atom. The van der Waals surface area contributed by atoms with E-state index in [1.807, 2.05) is 0 Å². The van der Waals surface area contributed by atoms with Crippen molar-refractivity contribution in [3.8, 4) is 17.4 Å². The number of fused-ring (bicyclic) bond motifs is 4. The summed E-state index contributed by atoms with van der Waals surface area (Å²) in [7, 11) is 0. The number of rotatable bonds is 4. The van der Waals surface area contributed by atoms with E-state index in [0.29, 0.717) is 44.2 Å². The van der Waals surface area contributed by atoms with E-state index < -0.39 is 17.8 Å². The van der Waals surface area contributed by atoms with E-state index in [1.54, 1.807) is 12.3 Å². The maximum Gasteiger partial charge on any atom is 0.416 e. The molecule has 37 heavy (non-hydrogen) atoms. The molecule has 0 aliphatic carbocycles. The molecule has 1 aromatic carbocycles.